The minimum atomic E-state index is -0.362. The zero-order chi connectivity index (χ0) is 23.0. The van der Waals surface area contributed by atoms with Gasteiger partial charge >= 0.3 is 6.03 Å². The Labute approximate surface area is 191 Å². The monoisotopic (exact) mass is 440 g/mol. The normalized spacial score (nSPS) is 13.8. The molecule has 0 saturated heterocycles. The first kappa shape index (κ1) is 20.7. The number of hydrogen-bond acceptors (Lipinski definition) is 5. The summed E-state index contributed by atoms with van der Waals surface area (Å²) in [6.07, 6.45) is 0.733. The number of hydrogen-bond donors (Lipinski definition) is 3. The molecule has 0 bridgehead atoms. The van der Waals surface area contributed by atoms with E-state index in [0.29, 0.717) is 17.3 Å². The van der Waals surface area contributed by atoms with Crippen molar-refractivity contribution in [1.82, 2.24) is 20.6 Å². The van der Waals surface area contributed by atoms with Crippen LogP contribution in [0.2, 0.25) is 0 Å². The van der Waals surface area contributed by atoms with Crippen molar-refractivity contribution in [3.63, 3.8) is 0 Å². The molecule has 0 unspecified atom stereocenters. The molecule has 1 aliphatic rings. The number of aromatic amines is 1. The van der Waals surface area contributed by atoms with Gasteiger partial charge in [0.25, 0.3) is 0 Å². The van der Waals surface area contributed by atoms with E-state index < -0.39 is 0 Å². The second-order valence-electron chi connectivity index (χ2n) is 8.79. The van der Waals surface area contributed by atoms with Crippen molar-refractivity contribution < 1.29 is 9.53 Å². The highest BCUT2D eigenvalue weighted by atomic mass is 16.5. The number of nitrogens with zero attached hydrogens (tertiary/aromatic N) is 3. The number of carbonyl (C=O) groups excluding carboxylic acids is 1. The lowest BCUT2D eigenvalue weighted by atomic mass is 9.94. The summed E-state index contributed by atoms with van der Waals surface area (Å²) < 4.78 is 6.20. The topological polar surface area (TPSA) is 105 Å². The van der Waals surface area contributed by atoms with Gasteiger partial charge in [-0.3, -0.25) is 0 Å². The molecule has 4 aromatic rings. The van der Waals surface area contributed by atoms with E-state index in [1.807, 2.05) is 75.4 Å². The first-order valence-corrected chi connectivity index (χ1v) is 10.7. The van der Waals surface area contributed by atoms with Crippen LogP contribution in [0.4, 0.5) is 16.2 Å². The molecule has 5 rings (SSSR count). The SMILES string of the molecule is Cc1ccc(NC(=O)Nc2cc(-c3ccccc3-c3nnn[nH]3)cc3c2OC(C)(C)C3)cc1. The van der Waals surface area contributed by atoms with Gasteiger partial charge in [-0.25, -0.2) is 9.89 Å². The maximum absolute atomic E-state index is 12.8. The lowest BCUT2D eigenvalue weighted by Crippen LogP contribution is -2.25. The minimum absolute atomic E-state index is 0.334. The summed E-state index contributed by atoms with van der Waals surface area (Å²) in [7, 11) is 0. The Morgan fingerprint density at radius 1 is 1.03 bits per heavy atom. The Hall–Kier alpha value is -4.20. The van der Waals surface area contributed by atoms with Gasteiger partial charge in [0.15, 0.2) is 5.82 Å². The molecule has 8 nitrogen and oxygen atoms in total. The molecule has 3 aromatic carbocycles. The van der Waals surface area contributed by atoms with E-state index in [9.17, 15) is 4.79 Å². The molecular formula is C25H24N6O2. The predicted octanol–water partition coefficient (Wildman–Crippen LogP) is 5.20. The number of fused-ring (bicyclic) bond motifs is 1. The lowest BCUT2D eigenvalue weighted by molar-refractivity contribution is 0.139. The van der Waals surface area contributed by atoms with E-state index in [1.54, 1.807) is 0 Å². The fourth-order valence-corrected chi connectivity index (χ4v) is 4.10. The molecular weight excluding hydrogens is 416 g/mol. The molecule has 0 radical (unpaired) electrons. The summed E-state index contributed by atoms with van der Waals surface area (Å²) in [5.41, 5.74) is 5.89. The van der Waals surface area contributed by atoms with Crippen LogP contribution >= 0.6 is 0 Å². The van der Waals surface area contributed by atoms with Crippen molar-refractivity contribution in [2.24, 2.45) is 0 Å². The van der Waals surface area contributed by atoms with E-state index in [-0.39, 0.29) is 11.6 Å². The molecule has 3 N–H and O–H groups in total. The number of tetrazole rings is 1. The maximum atomic E-state index is 12.8. The van der Waals surface area contributed by atoms with Crippen LogP contribution in [0, 0.1) is 6.92 Å². The number of nitrogens with one attached hydrogen (secondary N) is 3. The predicted molar refractivity (Wildman–Crippen MR) is 127 cm³/mol. The highest BCUT2D eigenvalue weighted by Gasteiger charge is 2.33. The highest BCUT2D eigenvalue weighted by Crippen LogP contribution is 2.44. The first-order chi connectivity index (χ1) is 15.9. The van der Waals surface area contributed by atoms with Crippen LogP contribution in [0.25, 0.3) is 22.5 Å². The van der Waals surface area contributed by atoms with Crippen LogP contribution < -0.4 is 15.4 Å². The van der Waals surface area contributed by atoms with Crippen molar-refractivity contribution in [2.45, 2.75) is 32.8 Å². The lowest BCUT2D eigenvalue weighted by Gasteiger charge is -2.19. The first-order valence-electron chi connectivity index (χ1n) is 10.7. The number of aromatic nitrogens is 4. The van der Waals surface area contributed by atoms with E-state index >= 15 is 0 Å². The van der Waals surface area contributed by atoms with Gasteiger partial charge in [-0.05, 0) is 66.6 Å². The number of ether oxygens (including phenoxy) is 1. The molecule has 0 saturated carbocycles. The standard InChI is InChI=1S/C25H24N6O2/c1-15-8-10-18(11-9-15)26-24(32)27-21-13-16(12-17-14-25(2,3)33-22(17)21)19-6-4-5-7-20(19)23-28-30-31-29-23/h4-13H,14H2,1-3H3,(H2,26,27,32)(H,28,29,30,31). The number of carbonyl (C=O) groups is 1. The van der Waals surface area contributed by atoms with Crippen molar-refractivity contribution in [1.29, 1.82) is 0 Å². The highest BCUT2D eigenvalue weighted by molar-refractivity contribution is 6.01. The van der Waals surface area contributed by atoms with Gasteiger partial charge in [0.2, 0.25) is 0 Å². The molecule has 2 heterocycles. The number of H-pyrrole nitrogens is 1. The van der Waals surface area contributed by atoms with E-state index in [4.69, 9.17) is 4.74 Å². The largest absolute Gasteiger partial charge is 0.485 e. The van der Waals surface area contributed by atoms with E-state index in [2.05, 4.69) is 37.3 Å². The second-order valence-corrected chi connectivity index (χ2v) is 8.79. The third-order valence-corrected chi connectivity index (χ3v) is 5.56. The molecule has 1 aromatic heterocycles. The molecule has 8 heteroatoms. The molecule has 0 spiro atoms. The van der Waals surface area contributed by atoms with Gasteiger partial charge in [-0.1, -0.05) is 42.0 Å². The average molecular weight is 441 g/mol. The Balaban J connectivity index is 1.53. The van der Waals surface area contributed by atoms with Gasteiger partial charge in [-0.2, -0.15) is 0 Å². The minimum Gasteiger partial charge on any atom is -0.485 e. The zero-order valence-corrected chi connectivity index (χ0v) is 18.6. The Morgan fingerprint density at radius 2 is 1.79 bits per heavy atom. The number of aryl methyl sites for hydroxylation is 1. The summed E-state index contributed by atoms with van der Waals surface area (Å²) >= 11 is 0. The van der Waals surface area contributed by atoms with Crippen LogP contribution in [-0.2, 0) is 6.42 Å². The summed E-state index contributed by atoms with van der Waals surface area (Å²) in [5.74, 6) is 1.27. The quantitative estimate of drug-likeness (QED) is 0.405. The zero-order valence-electron chi connectivity index (χ0n) is 18.6. The molecule has 33 heavy (non-hydrogen) atoms. The molecule has 0 atom stereocenters. The summed E-state index contributed by atoms with van der Waals surface area (Å²) in [6.45, 7) is 6.08. The number of anilines is 2. The smallest absolute Gasteiger partial charge is 0.323 e. The Morgan fingerprint density at radius 3 is 2.52 bits per heavy atom. The third-order valence-electron chi connectivity index (χ3n) is 5.56. The molecule has 1 aliphatic heterocycles. The van der Waals surface area contributed by atoms with Gasteiger partial charge in [0.1, 0.15) is 11.4 Å². The van der Waals surface area contributed by atoms with Crippen LogP contribution in [0.15, 0.2) is 60.7 Å². The maximum Gasteiger partial charge on any atom is 0.323 e. The fraction of sp³-hybridized carbons (Fsp3) is 0.200. The van der Waals surface area contributed by atoms with Crippen molar-refractivity contribution >= 4 is 17.4 Å². The second kappa shape index (κ2) is 8.05. The van der Waals surface area contributed by atoms with Gasteiger partial charge < -0.3 is 15.4 Å². The molecule has 2 amide bonds. The Bertz CT molecular complexity index is 1310. The molecule has 0 fully saturated rings. The third kappa shape index (κ3) is 4.27. The van der Waals surface area contributed by atoms with Crippen LogP contribution in [0.1, 0.15) is 25.0 Å². The molecule has 166 valence electrons. The summed E-state index contributed by atoms with van der Waals surface area (Å²) in [6, 6.07) is 19.2. The van der Waals surface area contributed by atoms with Gasteiger partial charge in [0, 0.05) is 23.2 Å². The number of benzene rings is 3. The summed E-state index contributed by atoms with van der Waals surface area (Å²) in [4.78, 5) is 12.8. The molecule has 0 aliphatic carbocycles. The van der Waals surface area contributed by atoms with Crippen LogP contribution in [0.3, 0.4) is 0 Å². The van der Waals surface area contributed by atoms with Gasteiger partial charge in [0.05, 0.1) is 5.69 Å². The van der Waals surface area contributed by atoms with Crippen molar-refractivity contribution in [3.8, 4) is 28.3 Å². The van der Waals surface area contributed by atoms with Crippen molar-refractivity contribution in [3.05, 3.63) is 71.8 Å². The summed E-state index contributed by atoms with van der Waals surface area (Å²) in [5, 5.41) is 20.2. The van der Waals surface area contributed by atoms with E-state index in [1.165, 1.54) is 0 Å². The fourth-order valence-electron chi connectivity index (χ4n) is 4.10. The van der Waals surface area contributed by atoms with Crippen molar-refractivity contribution in [2.75, 3.05) is 10.6 Å². The number of rotatable bonds is 4. The Kier molecular flexibility index (Phi) is 5.05. The van der Waals surface area contributed by atoms with Crippen LogP contribution in [-0.4, -0.2) is 32.3 Å². The van der Waals surface area contributed by atoms with Gasteiger partial charge in [-0.15, -0.1) is 5.10 Å². The number of amides is 2. The van der Waals surface area contributed by atoms with E-state index in [0.717, 1.165) is 39.9 Å². The average Bonchev–Trinajstić information content (AvgIpc) is 3.42. The number of urea groups is 1. The van der Waals surface area contributed by atoms with Crippen LogP contribution in [0.5, 0.6) is 5.75 Å².